The van der Waals surface area contributed by atoms with Crippen molar-refractivity contribution in [3.8, 4) is 5.75 Å². The summed E-state index contributed by atoms with van der Waals surface area (Å²) < 4.78 is 6.50. The fraction of sp³-hybridized carbons (Fsp3) is 0.421. The van der Waals surface area contributed by atoms with Crippen molar-refractivity contribution in [1.29, 1.82) is 0 Å². The van der Waals surface area contributed by atoms with E-state index in [1.807, 2.05) is 25.1 Å². The van der Waals surface area contributed by atoms with E-state index in [4.69, 9.17) is 4.74 Å². The summed E-state index contributed by atoms with van der Waals surface area (Å²) in [5.41, 5.74) is 2.37. The number of nitrogens with one attached hydrogen (secondary N) is 1. The third-order valence-electron chi connectivity index (χ3n) is 4.80. The molecule has 1 saturated heterocycles. The Bertz CT molecular complexity index is 862. The highest BCUT2D eigenvalue weighted by Gasteiger charge is 2.26. The molecule has 1 aliphatic heterocycles. The van der Waals surface area contributed by atoms with E-state index in [1.165, 1.54) is 4.68 Å². The number of benzene rings is 1. The Kier molecular flexibility index (Phi) is 5.25. The van der Waals surface area contributed by atoms with Crippen LogP contribution in [-0.4, -0.2) is 35.9 Å². The molecule has 1 atom stereocenters. The molecule has 1 amide bonds. The molecule has 3 rings (SSSR count). The van der Waals surface area contributed by atoms with E-state index in [0.717, 1.165) is 42.1 Å². The second kappa shape index (κ2) is 7.59. The molecule has 0 radical (unpaired) electrons. The number of carbonyl (C=O) groups is 1. The number of ether oxygens (including phenoxy) is 1. The molecule has 1 N–H and O–H groups in total. The van der Waals surface area contributed by atoms with Crippen molar-refractivity contribution in [2.75, 3.05) is 30.4 Å². The number of anilines is 2. The number of piperidine rings is 1. The van der Waals surface area contributed by atoms with Gasteiger partial charge in [0.15, 0.2) is 0 Å². The summed E-state index contributed by atoms with van der Waals surface area (Å²) in [5.74, 6) is 0.636. The van der Waals surface area contributed by atoms with E-state index in [-0.39, 0.29) is 17.4 Å². The SMILES string of the molecule is COc1ccc(NC(=O)[C@@H]2CCCN(c3cnn(C)c(=O)c3)C2)c(C)c1. The van der Waals surface area contributed by atoms with Crippen LogP contribution >= 0.6 is 0 Å². The fourth-order valence-electron chi connectivity index (χ4n) is 3.20. The molecular formula is C19H24N4O3. The molecular weight excluding hydrogens is 332 g/mol. The largest absolute Gasteiger partial charge is 0.497 e. The smallest absolute Gasteiger partial charge is 0.268 e. The normalized spacial score (nSPS) is 17.0. The van der Waals surface area contributed by atoms with E-state index in [1.54, 1.807) is 26.4 Å². The Hall–Kier alpha value is -2.83. The second-order valence-electron chi connectivity index (χ2n) is 6.63. The molecule has 1 aromatic heterocycles. The first-order chi connectivity index (χ1) is 12.5. The van der Waals surface area contributed by atoms with Crippen molar-refractivity contribution in [2.45, 2.75) is 19.8 Å². The lowest BCUT2D eigenvalue weighted by Gasteiger charge is -2.33. The van der Waals surface area contributed by atoms with Gasteiger partial charge in [-0.05, 0) is 43.5 Å². The second-order valence-corrected chi connectivity index (χ2v) is 6.63. The molecule has 138 valence electrons. The van der Waals surface area contributed by atoms with Gasteiger partial charge in [0.2, 0.25) is 5.91 Å². The summed E-state index contributed by atoms with van der Waals surface area (Å²) >= 11 is 0. The van der Waals surface area contributed by atoms with Crippen LogP contribution in [0.15, 0.2) is 35.3 Å². The number of methoxy groups -OCH3 is 1. The predicted octanol–water partition coefficient (Wildman–Crippen LogP) is 1.95. The van der Waals surface area contributed by atoms with Gasteiger partial charge in [0.25, 0.3) is 5.56 Å². The van der Waals surface area contributed by atoms with Crippen LogP contribution < -0.4 is 20.5 Å². The van der Waals surface area contributed by atoms with Gasteiger partial charge in [-0.15, -0.1) is 0 Å². The predicted molar refractivity (Wildman–Crippen MR) is 101 cm³/mol. The number of aromatic nitrogens is 2. The van der Waals surface area contributed by atoms with Gasteiger partial charge in [0, 0.05) is 31.9 Å². The van der Waals surface area contributed by atoms with Crippen molar-refractivity contribution in [3.63, 3.8) is 0 Å². The van der Waals surface area contributed by atoms with Crippen molar-refractivity contribution < 1.29 is 9.53 Å². The lowest BCUT2D eigenvalue weighted by Crippen LogP contribution is -2.41. The van der Waals surface area contributed by atoms with Crippen LogP contribution in [0.25, 0.3) is 0 Å². The van der Waals surface area contributed by atoms with Gasteiger partial charge in [-0.25, -0.2) is 4.68 Å². The number of carbonyl (C=O) groups excluding carboxylic acids is 1. The number of rotatable bonds is 4. The van der Waals surface area contributed by atoms with Crippen LogP contribution in [0.3, 0.4) is 0 Å². The van der Waals surface area contributed by atoms with Gasteiger partial charge in [0.05, 0.1) is 24.9 Å². The molecule has 7 heteroatoms. The monoisotopic (exact) mass is 356 g/mol. The number of aryl methyl sites for hydroxylation is 2. The van der Waals surface area contributed by atoms with E-state index < -0.39 is 0 Å². The quantitative estimate of drug-likeness (QED) is 0.906. The summed E-state index contributed by atoms with van der Waals surface area (Å²) in [4.78, 5) is 26.6. The molecule has 1 aliphatic rings. The first kappa shape index (κ1) is 18.0. The Morgan fingerprint density at radius 1 is 1.35 bits per heavy atom. The van der Waals surface area contributed by atoms with Crippen LogP contribution in [-0.2, 0) is 11.8 Å². The Labute approximate surface area is 152 Å². The van der Waals surface area contributed by atoms with Crippen LogP contribution in [0.5, 0.6) is 5.75 Å². The maximum Gasteiger partial charge on any atom is 0.268 e. The van der Waals surface area contributed by atoms with Crippen LogP contribution in [0, 0.1) is 12.8 Å². The van der Waals surface area contributed by atoms with Crippen LogP contribution in [0.2, 0.25) is 0 Å². The maximum absolute atomic E-state index is 12.7. The number of amides is 1. The van der Waals surface area contributed by atoms with Gasteiger partial charge in [0.1, 0.15) is 5.75 Å². The zero-order valence-corrected chi connectivity index (χ0v) is 15.4. The highest BCUT2D eigenvalue weighted by molar-refractivity contribution is 5.93. The summed E-state index contributed by atoms with van der Waals surface area (Å²) in [6, 6.07) is 7.16. The highest BCUT2D eigenvalue weighted by atomic mass is 16.5. The fourth-order valence-corrected chi connectivity index (χ4v) is 3.20. The van der Waals surface area contributed by atoms with E-state index >= 15 is 0 Å². The lowest BCUT2D eigenvalue weighted by atomic mass is 9.96. The van der Waals surface area contributed by atoms with Gasteiger partial charge in [-0.1, -0.05) is 0 Å². The van der Waals surface area contributed by atoms with Crippen LogP contribution in [0.1, 0.15) is 18.4 Å². The minimum Gasteiger partial charge on any atom is -0.497 e. The van der Waals surface area contributed by atoms with E-state index in [2.05, 4.69) is 15.3 Å². The first-order valence-electron chi connectivity index (χ1n) is 8.71. The Morgan fingerprint density at radius 3 is 2.85 bits per heavy atom. The van der Waals surface area contributed by atoms with Gasteiger partial charge in [-0.2, -0.15) is 5.10 Å². The summed E-state index contributed by atoms with van der Waals surface area (Å²) in [6.07, 6.45) is 3.40. The number of hydrogen-bond acceptors (Lipinski definition) is 5. The average molecular weight is 356 g/mol. The Balaban J connectivity index is 1.69. The highest BCUT2D eigenvalue weighted by Crippen LogP contribution is 2.25. The lowest BCUT2D eigenvalue weighted by molar-refractivity contribution is -0.120. The van der Waals surface area contributed by atoms with Crippen molar-refractivity contribution >= 4 is 17.3 Å². The molecule has 1 aromatic carbocycles. The molecule has 0 unspecified atom stereocenters. The first-order valence-corrected chi connectivity index (χ1v) is 8.71. The Morgan fingerprint density at radius 2 is 2.15 bits per heavy atom. The number of hydrogen-bond donors (Lipinski definition) is 1. The zero-order chi connectivity index (χ0) is 18.7. The van der Waals surface area contributed by atoms with Crippen molar-refractivity contribution in [2.24, 2.45) is 13.0 Å². The molecule has 0 bridgehead atoms. The molecule has 0 aliphatic carbocycles. The van der Waals surface area contributed by atoms with E-state index in [9.17, 15) is 9.59 Å². The molecule has 7 nitrogen and oxygen atoms in total. The van der Waals surface area contributed by atoms with Crippen LogP contribution in [0.4, 0.5) is 11.4 Å². The third-order valence-corrected chi connectivity index (χ3v) is 4.80. The summed E-state index contributed by atoms with van der Waals surface area (Å²) in [6.45, 7) is 3.34. The van der Waals surface area contributed by atoms with Crippen molar-refractivity contribution in [3.05, 3.63) is 46.4 Å². The van der Waals surface area contributed by atoms with Gasteiger partial charge >= 0.3 is 0 Å². The molecule has 1 fully saturated rings. The number of nitrogens with zero attached hydrogens (tertiary/aromatic N) is 3. The zero-order valence-electron chi connectivity index (χ0n) is 15.4. The molecule has 2 heterocycles. The molecule has 0 saturated carbocycles. The third kappa shape index (κ3) is 3.87. The van der Waals surface area contributed by atoms with Gasteiger partial charge in [-0.3, -0.25) is 9.59 Å². The summed E-state index contributed by atoms with van der Waals surface area (Å²) in [5, 5.41) is 7.09. The average Bonchev–Trinajstić information content (AvgIpc) is 2.65. The topological polar surface area (TPSA) is 76.5 Å². The molecule has 2 aromatic rings. The minimum atomic E-state index is -0.150. The van der Waals surface area contributed by atoms with Gasteiger partial charge < -0.3 is 15.0 Å². The summed E-state index contributed by atoms with van der Waals surface area (Å²) in [7, 11) is 3.24. The van der Waals surface area contributed by atoms with Crippen molar-refractivity contribution in [1.82, 2.24) is 9.78 Å². The molecule has 26 heavy (non-hydrogen) atoms. The maximum atomic E-state index is 12.7. The standard InChI is InChI=1S/C19H24N4O3/c1-13-9-16(26-3)6-7-17(13)21-19(25)14-5-4-8-23(12-14)15-10-18(24)22(2)20-11-15/h6-7,9-11,14H,4-5,8,12H2,1-3H3,(H,21,25)/t14-/m1/s1. The van der Waals surface area contributed by atoms with E-state index in [0.29, 0.717) is 6.54 Å². The minimum absolute atomic E-state index is 0.000223. The molecule has 0 spiro atoms.